The van der Waals surface area contributed by atoms with Crippen molar-refractivity contribution in [2.24, 2.45) is 11.5 Å². The Kier molecular flexibility index (Phi) is 9.92. The van der Waals surface area contributed by atoms with E-state index in [0.29, 0.717) is 0 Å². The highest BCUT2D eigenvalue weighted by Gasteiger charge is 2.33. The van der Waals surface area contributed by atoms with Crippen LogP contribution in [0, 0.1) is 0 Å². The monoisotopic (exact) mass is 391 g/mol. The van der Waals surface area contributed by atoms with Crippen molar-refractivity contribution in [3.05, 3.63) is 0 Å². The summed E-state index contributed by atoms with van der Waals surface area (Å²) in [5, 5.41) is 34.3. The normalized spacial score (nSPS) is 16.2. The first kappa shape index (κ1) is 24.2. The van der Waals surface area contributed by atoms with Crippen LogP contribution < -0.4 is 27.4 Å². The fourth-order valence-corrected chi connectivity index (χ4v) is 1.95. The molecule has 0 aliphatic rings. The number of primary amides is 1. The second-order valence-electron chi connectivity index (χ2n) is 5.79. The lowest BCUT2D eigenvalue weighted by molar-refractivity contribution is -0.146. The molecule has 27 heavy (non-hydrogen) atoms. The van der Waals surface area contributed by atoms with Crippen LogP contribution in [0.1, 0.15) is 20.3 Å². The lowest BCUT2D eigenvalue weighted by Crippen LogP contribution is -2.60. The van der Waals surface area contributed by atoms with Gasteiger partial charge in [0.2, 0.25) is 23.6 Å². The fourth-order valence-electron chi connectivity index (χ4n) is 1.95. The Labute approximate surface area is 154 Å². The van der Waals surface area contributed by atoms with Gasteiger partial charge in [-0.2, -0.15) is 0 Å². The average molecular weight is 391 g/mol. The van der Waals surface area contributed by atoms with E-state index in [-0.39, 0.29) is 0 Å². The molecule has 10 N–H and O–H groups in total. The van der Waals surface area contributed by atoms with E-state index in [2.05, 4.69) is 10.6 Å². The van der Waals surface area contributed by atoms with Crippen molar-refractivity contribution < 1.29 is 39.3 Å². The average Bonchev–Trinajstić information content (AvgIpc) is 2.54. The maximum atomic E-state index is 12.3. The summed E-state index contributed by atoms with van der Waals surface area (Å²) in [6.07, 6.45) is -3.53. The van der Waals surface area contributed by atoms with E-state index in [4.69, 9.17) is 16.6 Å². The molecule has 0 radical (unpaired) electrons. The number of nitrogens with one attached hydrogen (secondary N) is 3. The number of nitrogens with two attached hydrogens (primary N) is 2. The highest BCUT2D eigenvalue weighted by atomic mass is 16.4. The van der Waals surface area contributed by atoms with E-state index in [1.54, 1.807) is 0 Å². The second-order valence-corrected chi connectivity index (χ2v) is 5.79. The van der Waals surface area contributed by atoms with Crippen molar-refractivity contribution in [3.63, 3.8) is 0 Å². The number of carbonyl (C=O) groups excluding carboxylic acids is 4. The van der Waals surface area contributed by atoms with Crippen molar-refractivity contribution in [3.8, 4) is 0 Å². The number of aliphatic carboxylic acids is 1. The molecule has 0 fully saturated rings. The van der Waals surface area contributed by atoms with Gasteiger partial charge >= 0.3 is 5.97 Å². The number of hydrogen-bond donors (Lipinski definition) is 8. The van der Waals surface area contributed by atoms with Crippen molar-refractivity contribution in [2.45, 2.75) is 50.6 Å². The molecule has 0 aromatic rings. The molecule has 4 amide bonds. The van der Waals surface area contributed by atoms with Crippen LogP contribution in [0.15, 0.2) is 0 Å². The van der Waals surface area contributed by atoms with Gasteiger partial charge in [0.25, 0.3) is 0 Å². The Morgan fingerprint density at radius 3 is 1.74 bits per heavy atom. The van der Waals surface area contributed by atoms with Crippen LogP contribution in [0.5, 0.6) is 0 Å². The molecule has 0 saturated carbocycles. The summed E-state index contributed by atoms with van der Waals surface area (Å²) in [6, 6.07) is -4.78. The molecule has 5 atom stereocenters. The summed E-state index contributed by atoms with van der Waals surface area (Å²) in [5.41, 5.74) is 10.1. The topological polar surface area (TPSA) is 234 Å². The third kappa shape index (κ3) is 8.44. The lowest BCUT2D eigenvalue weighted by Gasteiger charge is -2.26. The van der Waals surface area contributed by atoms with Crippen LogP contribution in [0.2, 0.25) is 0 Å². The van der Waals surface area contributed by atoms with Crippen LogP contribution in [-0.4, -0.2) is 81.8 Å². The molecule has 0 aromatic carbocycles. The highest BCUT2D eigenvalue weighted by molar-refractivity contribution is 5.95. The van der Waals surface area contributed by atoms with E-state index in [1.165, 1.54) is 0 Å². The Bertz CT molecular complexity index is 580. The summed E-state index contributed by atoms with van der Waals surface area (Å²) in [5.74, 6) is -5.36. The standard InChI is InChI=1S/C14H25N5O8/c1-5(20)10(13(25)19-11(6(2)21)14(26)27)18-12(24)7(3-8(16)22)17-9(23)4-15/h5-7,10-11,20-21H,3-4,15H2,1-2H3,(H2,16,22)(H,17,23)(H,18,24)(H,19,25)(H,26,27)/t5-,6-,7+,10+,11+/m1/s1. The largest absolute Gasteiger partial charge is 0.480 e. The number of aliphatic hydroxyl groups excluding tert-OH is 2. The van der Waals surface area contributed by atoms with Gasteiger partial charge in [-0.3, -0.25) is 19.2 Å². The fraction of sp³-hybridized carbons (Fsp3) is 0.643. The van der Waals surface area contributed by atoms with Gasteiger partial charge in [0.05, 0.1) is 25.2 Å². The van der Waals surface area contributed by atoms with Crippen LogP contribution in [0.4, 0.5) is 0 Å². The number of hydrogen-bond acceptors (Lipinski definition) is 8. The van der Waals surface area contributed by atoms with Crippen LogP contribution in [-0.2, 0) is 24.0 Å². The SMILES string of the molecule is C[C@@H](O)[C@H](NC(=O)[C@@H](NC(=O)[C@H](CC(N)=O)NC(=O)CN)[C@@H](C)O)C(=O)O. The van der Waals surface area contributed by atoms with Crippen LogP contribution >= 0.6 is 0 Å². The first-order valence-electron chi connectivity index (χ1n) is 7.88. The minimum Gasteiger partial charge on any atom is -0.480 e. The van der Waals surface area contributed by atoms with Gasteiger partial charge in [0.15, 0.2) is 6.04 Å². The van der Waals surface area contributed by atoms with E-state index < -0.39 is 72.9 Å². The molecule has 0 heterocycles. The first-order chi connectivity index (χ1) is 12.4. The second kappa shape index (κ2) is 11.1. The van der Waals surface area contributed by atoms with Gasteiger partial charge < -0.3 is 42.7 Å². The molecular weight excluding hydrogens is 366 g/mol. The molecule has 154 valence electrons. The van der Waals surface area contributed by atoms with Crippen molar-refractivity contribution >= 4 is 29.6 Å². The Morgan fingerprint density at radius 2 is 1.37 bits per heavy atom. The Hall–Kier alpha value is -2.77. The molecule has 0 spiro atoms. The van der Waals surface area contributed by atoms with Gasteiger partial charge in [-0.25, -0.2) is 4.79 Å². The zero-order valence-corrected chi connectivity index (χ0v) is 14.8. The highest BCUT2D eigenvalue weighted by Crippen LogP contribution is 2.01. The number of carboxylic acids is 1. The molecule has 0 unspecified atom stereocenters. The van der Waals surface area contributed by atoms with Gasteiger partial charge in [-0.1, -0.05) is 0 Å². The minimum absolute atomic E-state index is 0.475. The molecule has 13 heteroatoms. The van der Waals surface area contributed by atoms with Gasteiger partial charge in [-0.05, 0) is 13.8 Å². The maximum Gasteiger partial charge on any atom is 0.328 e. The molecular formula is C14H25N5O8. The number of aliphatic hydroxyl groups is 2. The lowest BCUT2D eigenvalue weighted by atomic mass is 10.1. The molecule has 0 bridgehead atoms. The third-order valence-electron chi connectivity index (χ3n) is 3.35. The number of amides is 4. The Balaban J connectivity index is 5.31. The summed E-state index contributed by atoms with van der Waals surface area (Å²) in [7, 11) is 0. The summed E-state index contributed by atoms with van der Waals surface area (Å²) in [4.78, 5) is 58.0. The van der Waals surface area contributed by atoms with Gasteiger partial charge in [-0.15, -0.1) is 0 Å². The van der Waals surface area contributed by atoms with Gasteiger partial charge in [0.1, 0.15) is 12.1 Å². The van der Waals surface area contributed by atoms with Crippen LogP contribution in [0.3, 0.4) is 0 Å². The quantitative estimate of drug-likeness (QED) is 0.168. The molecule has 0 rings (SSSR count). The third-order valence-corrected chi connectivity index (χ3v) is 3.35. The van der Waals surface area contributed by atoms with E-state index in [0.717, 1.165) is 13.8 Å². The van der Waals surface area contributed by atoms with Crippen molar-refractivity contribution in [2.75, 3.05) is 6.54 Å². The number of carboxylic acid groups (broad SMARTS) is 1. The summed E-state index contributed by atoms with van der Waals surface area (Å²) >= 11 is 0. The van der Waals surface area contributed by atoms with Crippen LogP contribution in [0.25, 0.3) is 0 Å². The molecule has 0 aliphatic carbocycles. The van der Waals surface area contributed by atoms with Crippen molar-refractivity contribution in [1.29, 1.82) is 0 Å². The zero-order chi connectivity index (χ0) is 21.3. The molecule has 0 aliphatic heterocycles. The summed E-state index contributed by atoms with van der Waals surface area (Å²) < 4.78 is 0. The first-order valence-corrected chi connectivity index (χ1v) is 7.88. The Morgan fingerprint density at radius 1 is 0.889 bits per heavy atom. The van der Waals surface area contributed by atoms with E-state index in [1.807, 2.05) is 5.32 Å². The smallest absolute Gasteiger partial charge is 0.328 e. The molecule has 0 aromatic heterocycles. The predicted octanol–water partition coefficient (Wildman–Crippen LogP) is -4.88. The van der Waals surface area contributed by atoms with Crippen molar-refractivity contribution in [1.82, 2.24) is 16.0 Å². The summed E-state index contributed by atoms with van der Waals surface area (Å²) in [6.45, 7) is 1.79. The molecule has 0 saturated heterocycles. The predicted molar refractivity (Wildman–Crippen MR) is 89.7 cm³/mol. The molecule has 13 nitrogen and oxygen atoms in total. The zero-order valence-electron chi connectivity index (χ0n) is 14.8. The maximum absolute atomic E-state index is 12.3. The van der Waals surface area contributed by atoms with E-state index in [9.17, 15) is 34.2 Å². The number of carbonyl (C=O) groups is 5. The number of rotatable bonds is 11. The van der Waals surface area contributed by atoms with E-state index >= 15 is 0 Å². The van der Waals surface area contributed by atoms with Gasteiger partial charge in [0, 0.05) is 0 Å². The minimum atomic E-state index is -1.69.